The number of benzene rings is 3. The highest BCUT2D eigenvalue weighted by atomic mass is 16.5. The average Bonchev–Trinajstić information content (AvgIpc) is 2.87. The lowest BCUT2D eigenvalue weighted by molar-refractivity contribution is -0.147. The second-order valence-corrected chi connectivity index (χ2v) is 8.59. The van der Waals surface area contributed by atoms with E-state index in [1.165, 1.54) is 6.92 Å². The summed E-state index contributed by atoms with van der Waals surface area (Å²) in [6, 6.07) is 22.9. The first-order valence-corrected chi connectivity index (χ1v) is 12.3. The lowest BCUT2D eigenvalue weighted by Gasteiger charge is -2.19. The molecule has 3 aromatic rings. The van der Waals surface area contributed by atoms with Gasteiger partial charge in [0.1, 0.15) is 11.5 Å². The molecule has 1 N–H and O–H groups in total. The number of ether oxygens (including phenoxy) is 2. The second kappa shape index (κ2) is 13.3. The fourth-order valence-electron chi connectivity index (χ4n) is 4.03. The zero-order valence-corrected chi connectivity index (χ0v) is 20.5. The first-order chi connectivity index (χ1) is 17.0. The maximum Gasteiger partial charge on any atom is 0.306 e. The molecule has 0 amide bonds. The number of unbranched alkanes of at least 4 members (excludes halogenated alkanes) is 2. The van der Waals surface area contributed by atoms with Gasteiger partial charge in [0.15, 0.2) is 11.9 Å². The molecular weight excluding hydrogens is 440 g/mol. The van der Waals surface area contributed by atoms with Crippen LogP contribution in [0.4, 0.5) is 0 Å². The maximum absolute atomic E-state index is 12.6. The molecule has 0 aliphatic rings. The minimum atomic E-state index is -0.420. The van der Waals surface area contributed by atoms with Crippen LogP contribution in [0.3, 0.4) is 0 Å². The van der Waals surface area contributed by atoms with Gasteiger partial charge in [0.25, 0.3) is 0 Å². The molecule has 5 heteroatoms. The normalized spacial score (nSPS) is 10.8. The van der Waals surface area contributed by atoms with Crippen LogP contribution in [-0.4, -0.2) is 23.5 Å². The van der Waals surface area contributed by atoms with E-state index in [0.29, 0.717) is 42.7 Å². The van der Waals surface area contributed by atoms with Crippen molar-refractivity contribution in [2.45, 2.75) is 58.5 Å². The Morgan fingerprint density at radius 1 is 0.857 bits per heavy atom. The van der Waals surface area contributed by atoms with Gasteiger partial charge < -0.3 is 14.6 Å². The Kier molecular flexibility index (Phi) is 9.91. The van der Waals surface area contributed by atoms with Gasteiger partial charge in [-0.15, -0.1) is 0 Å². The van der Waals surface area contributed by atoms with Crippen molar-refractivity contribution >= 4 is 11.8 Å². The highest BCUT2D eigenvalue weighted by molar-refractivity contribution is 5.97. The molecule has 0 aliphatic carbocycles. The van der Waals surface area contributed by atoms with Crippen molar-refractivity contribution in [3.05, 3.63) is 95.1 Å². The lowest BCUT2D eigenvalue weighted by Crippen LogP contribution is -2.12. The third kappa shape index (κ3) is 7.44. The summed E-state index contributed by atoms with van der Waals surface area (Å²) in [4.78, 5) is 24.3. The van der Waals surface area contributed by atoms with Gasteiger partial charge in [-0.2, -0.15) is 0 Å². The molecule has 0 radical (unpaired) electrons. The molecule has 3 rings (SSSR count). The summed E-state index contributed by atoms with van der Waals surface area (Å²) >= 11 is 0. The zero-order chi connectivity index (χ0) is 25.0. The molecule has 0 aromatic heterocycles. The SMILES string of the molecule is CCCc1c(OCCCCCC(=O)OC(c2ccccc2)c2ccccc2)ccc(C(C)=O)c1O. The Balaban J connectivity index is 1.47. The fourth-order valence-corrected chi connectivity index (χ4v) is 4.03. The van der Waals surface area contributed by atoms with Crippen LogP contribution >= 0.6 is 0 Å². The van der Waals surface area contributed by atoms with E-state index in [9.17, 15) is 14.7 Å². The van der Waals surface area contributed by atoms with Crippen molar-refractivity contribution in [2.24, 2.45) is 0 Å². The standard InChI is InChI=1S/C30H34O5/c1-3-13-26-27(20-19-25(22(2)31)29(26)33)34-21-12-6-11-18-28(32)35-30(23-14-7-4-8-15-23)24-16-9-5-10-17-24/h4-5,7-10,14-17,19-20,30,33H,3,6,11-13,18,21H2,1-2H3. The predicted molar refractivity (Wildman–Crippen MR) is 137 cm³/mol. The highest BCUT2D eigenvalue weighted by Gasteiger charge is 2.19. The molecule has 0 saturated carbocycles. The van der Waals surface area contributed by atoms with Gasteiger partial charge in [0, 0.05) is 12.0 Å². The molecule has 0 bridgehead atoms. The van der Waals surface area contributed by atoms with E-state index in [-0.39, 0.29) is 17.5 Å². The van der Waals surface area contributed by atoms with Crippen molar-refractivity contribution < 1.29 is 24.2 Å². The monoisotopic (exact) mass is 474 g/mol. The number of hydrogen-bond acceptors (Lipinski definition) is 5. The number of phenols is 1. The number of aromatic hydroxyl groups is 1. The Labute approximate surface area is 207 Å². The second-order valence-electron chi connectivity index (χ2n) is 8.59. The molecule has 3 aromatic carbocycles. The van der Waals surface area contributed by atoms with E-state index in [1.807, 2.05) is 67.6 Å². The van der Waals surface area contributed by atoms with E-state index in [1.54, 1.807) is 12.1 Å². The first kappa shape index (κ1) is 26.0. The Hall–Kier alpha value is -3.60. The number of carbonyl (C=O) groups is 2. The number of rotatable bonds is 13. The maximum atomic E-state index is 12.6. The minimum absolute atomic E-state index is 0.0194. The van der Waals surface area contributed by atoms with Crippen molar-refractivity contribution in [1.29, 1.82) is 0 Å². The molecular formula is C30H34O5. The van der Waals surface area contributed by atoms with Crippen molar-refractivity contribution in [3.8, 4) is 11.5 Å². The summed E-state index contributed by atoms with van der Waals surface area (Å²) in [5, 5.41) is 10.5. The van der Waals surface area contributed by atoms with E-state index in [0.717, 1.165) is 30.4 Å². The Bertz CT molecular complexity index is 1050. The van der Waals surface area contributed by atoms with Crippen LogP contribution < -0.4 is 4.74 Å². The summed E-state index contributed by atoms with van der Waals surface area (Å²) in [6.45, 7) is 3.93. The Morgan fingerprint density at radius 3 is 2.06 bits per heavy atom. The molecule has 5 nitrogen and oxygen atoms in total. The third-order valence-corrected chi connectivity index (χ3v) is 5.86. The number of carbonyl (C=O) groups excluding carboxylic acids is 2. The van der Waals surface area contributed by atoms with Gasteiger partial charge in [-0.3, -0.25) is 9.59 Å². The predicted octanol–water partition coefficient (Wildman–Crippen LogP) is 6.82. The number of esters is 1. The van der Waals surface area contributed by atoms with E-state index >= 15 is 0 Å². The van der Waals surface area contributed by atoms with Crippen molar-refractivity contribution in [3.63, 3.8) is 0 Å². The molecule has 0 unspecified atom stereocenters. The van der Waals surface area contributed by atoms with E-state index < -0.39 is 6.10 Å². The zero-order valence-electron chi connectivity index (χ0n) is 20.5. The van der Waals surface area contributed by atoms with Crippen LogP contribution in [-0.2, 0) is 16.0 Å². The van der Waals surface area contributed by atoms with E-state index in [2.05, 4.69) is 0 Å². The van der Waals surface area contributed by atoms with Crippen LogP contribution in [0, 0.1) is 0 Å². The number of ketones is 1. The topological polar surface area (TPSA) is 72.8 Å². The van der Waals surface area contributed by atoms with Gasteiger partial charge in [0.05, 0.1) is 12.2 Å². The molecule has 0 heterocycles. The van der Waals surface area contributed by atoms with Crippen LogP contribution in [0.2, 0.25) is 0 Å². The number of hydrogen-bond donors (Lipinski definition) is 1. The summed E-state index contributed by atoms with van der Waals surface area (Å²) in [7, 11) is 0. The van der Waals surface area contributed by atoms with Crippen LogP contribution in [0.15, 0.2) is 72.8 Å². The molecule has 0 saturated heterocycles. The van der Waals surface area contributed by atoms with Gasteiger partial charge in [-0.25, -0.2) is 0 Å². The molecule has 0 fully saturated rings. The fraction of sp³-hybridized carbons (Fsp3) is 0.333. The van der Waals surface area contributed by atoms with Gasteiger partial charge in [0.2, 0.25) is 0 Å². The largest absolute Gasteiger partial charge is 0.507 e. The number of Topliss-reactive ketones (excluding diaryl/α,β-unsaturated/α-hetero) is 1. The molecule has 0 aliphatic heterocycles. The van der Waals surface area contributed by atoms with Crippen LogP contribution in [0.1, 0.15) is 79.1 Å². The minimum Gasteiger partial charge on any atom is -0.507 e. The van der Waals surface area contributed by atoms with Gasteiger partial charge in [-0.05, 0) is 55.9 Å². The van der Waals surface area contributed by atoms with Crippen LogP contribution in [0.25, 0.3) is 0 Å². The summed E-state index contributed by atoms with van der Waals surface area (Å²) < 4.78 is 11.8. The summed E-state index contributed by atoms with van der Waals surface area (Å²) in [6.07, 6.45) is 3.68. The van der Waals surface area contributed by atoms with Crippen molar-refractivity contribution in [1.82, 2.24) is 0 Å². The van der Waals surface area contributed by atoms with Crippen LogP contribution in [0.5, 0.6) is 11.5 Å². The highest BCUT2D eigenvalue weighted by Crippen LogP contribution is 2.33. The quantitative estimate of drug-likeness (QED) is 0.167. The smallest absolute Gasteiger partial charge is 0.306 e. The van der Waals surface area contributed by atoms with Gasteiger partial charge >= 0.3 is 5.97 Å². The molecule has 0 spiro atoms. The average molecular weight is 475 g/mol. The van der Waals surface area contributed by atoms with Crippen molar-refractivity contribution in [2.75, 3.05) is 6.61 Å². The number of phenolic OH excluding ortho intramolecular Hbond substituents is 1. The molecule has 0 atom stereocenters. The lowest BCUT2D eigenvalue weighted by atomic mass is 10.0. The summed E-state index contributed by atoms with van der Waals surface area (Å²) in [5.41, 5.74) is 2.89. The van der Waals surface area contributed by atoms with Gasteiger partial charge in [-0.1, -0.05) is 74.0 Å². The summed E-state index contributed by atoms with van der Waals surface area (Å²) in [5.74, 6) is 0.243. The molecule has 184 valence electrons. The Morgan fingerprint density at radius 2 is 1.49 bits per heavy atom. The molecule has 35 heavy (non-hydrogen) atoms. The van der Waals surface area contributed by atoms with E-state index in [4.69, 9.17) is 9.47 Å². The first-order valence-electron chi connectivity index (χ1n) is 12.3. The third-order valence-electron chi connectivity index (χ3n) is 5.86.